The van der Waals surface area contributed by atoms with Crippen LogP contribution in [0.3, 0.4) is 0 Å². The Morgan fingerprint density at radius 2 is 1.53 bits per heavy atom. The van der Waals surface area contributed by atoms with E-state index in [2.05, 4.69) is 51.0 Å². The average molecular weight is 340 g/mol. The van der Waals surface area contributed by atoms with Gasteiger partial charge in [0.1, 0.15) is 0 Å². The maximum atomic E-state index is 10.7. The van der Waals surface area contributed by atoms with Crippen molar-refractivity contribution in [2.75, 3.05) is 13.1 Å². The lowest BCUT2D eigenvalue weighted by Gasteiger charge is -2.47. The standard InChI is InChI=1S/C10H16Br2N2O/c1-9-3-7(11)8(12)4-10(9,2)6-14(5-9)13-15/h7-8H,3-6H2,1-2H3/t7-,8+,9-,10+. The molecule has 0 N–H and O–H groups in total. The van der Waals surface area contributed by atoms with Gasteiger partial charge in [0, 0.05) is 22.7 Å². The van der Waals surface area contributed by atoms with Crippen molar-refractivity contribution in [2.24, 2.45) is 16.1 Å². The Morgan fingerprint density at radius 3 is 1.87 bits per heavy atom. The second kappa shape index (κ2) is 3.69. The van der Waals surface area contributed by atoms with Crippen molar-refractivity contribution in [3.05, 3.63) is 4.91 Å². The van der Waals surface area contributed by atoms with E-state index < -0.39 is 0 Å². The summed E-state index contributed by atoms with van der Waals surface area (Å²) in [5, 5.41) is 4.79. The first-order valence-corrected chi connectivity index (χ1v) is 7.10. The molecule has 0 aromatic rings. The molecule has 2 aliphatic rings. The monoisotopic (exact) mass is 338 g/mol. The molecule has 1 saturated carbocycles. The molecule has 3 nitrogen and oxygen atoms in total. The maximum absolute atomic E-state index is 10.7. The number of halogens is 2. The van der Waals surface area contributed by atoms with Crippen molar-refractivity contribution >= 4 is 31.9 Å². The summed E-state index contributed by atoms with van der Waals surface area (Å²) in [7, 11) is 0. The molecule has 0 spiro atoms. The fourth-order valence-corrected chi connectivity index (χ4v) is 4.84. The van der Waals surface area contributed by atoms with Gasteiger partial charge in [0.15, 0.2) is 0 Å². The number of rotatable bonds is 1. The molecule has 2 rings (SSSR count). The zero-order valence-corrected chi connectivity index (χ0v) is 12.2. The van der Waals surface area contributed by atoms with Gasteiger partial charge in [-0.15, -0.1) is 4.91 Å². The van der Waals surface area contributed by atoms with Crippen LogP contribution < -0.4 is 0 Å². The molecule has 15 heavy (non-hydrogen) atoms. The Labute approximate surface area is 107 Å². The minimum Gasteiger partial charge on any atom is -0.260 e. The highest BCUT2D eigenvalue weighted by atomic mass is 79.9. The normalized spacial score (nSPS) is 50.3. The molecule has 0 radical (unpaired) electrons. The van der Waals surface area contributed by atoms with Crippen LogP contribution in [0.2, 0.25) is 0 Å². The molecule has 1 aliphatic carbocycles. The third-order valence-electron chi connectivity index (χ3n) is 4.32. The van der Waals surface area contributed by atoms with Gasteiger partial charge in [-0.25, -0.2) is 0 Å². The predicted molar refractivity (Wildman–Crippen MR) is 68.2 cm³/mol. The van der Waals surface area contributed by atoms with Gasteiger partial charge in [0.2, 0.25) is 0 Å². The van der Waals surface area contributed by atoms with Crippen molar-refractivity contribution in [2.45, 2.75) is 36.3 Å². The van der Waals surface area contributed by atoms with Crippen LogP contribution in [-0.4, -0.2) is 27.8 Å². The van der Waals surface area contributed by atoms with Crippen molar-refractivity contribution in [1.82, 2.24) is 5.01 Å². The Hall–Kier alpha value is 0.360. The van der Waals surface area contributed by atoms with E-state index in [-0.39, 0.29) is 10.8 Å². The smallest absolute Gasteiger partial charge is 0.0524 e. The van der Waals surface area contributed by atoms with Crippen molar-refractivity contribution in [3.63, 3.8) is 0 Å². The lowest BCUT2D eigenvalue weighted by molar-refractivity contribution is 0.0826. The minimum absolute atomic E-state index is 0.208. The quantitative estimate of drug-likeness (QED) is 0.542. The van der Waals surface area contributed by atoms with Crippen LogP contribution in [0.25, 0.3) is 0 Å². The zero-order valence-electron chi connectivity index (χ0n) is 9.04. The van der Waals surface area contributed by atoms with Gasteiger partial charge in [0.25, 0.3) is 0 Å². The molecule has 1 heterocycles. The van der Waals surface area contributed by atoms with Crippen molar-refractivity contribution in [3.8, 4) is 0 Å². The van der Waals surface area contributed by atoms with Gasteiger partial charge in [-0.2, -0.15) is 0 Å². The molecule has 0 aromatic carbocycles. The van der Waals surface area contributed by atoms with E-state index in [4.69, 9.17) is 0 Å². The third kappa shape index (κ3) is 1.75. The van der Waals surface area contributed by atoms with E-state index in [1.165, 1.54) is 0 Å². The fraction of sp³-hybridized carbons (Fsp3) is 1.00. The molecule has 4 atom stereocenters. The molecule has 1 aliphatic heterocycles. The Morgan fingerprint density at radius 1 is 1.13 bits per heavy atom. The molecule has 0 amide bonds. The van der Waals surface area contributed by atoms with Gasteiger partial charge >= 0.3 is 0 Å². The topological polar surface area (TPSA) is 32.7 Å². The number of hydrogen-bond acceptors (Lipinski definition) is 2. The lowest BCUT2D eigenvalue weighted by atomic mass is 9.60. The first-order valence-electron chi connectivity index (χ1n) is 5.27. The van der Waals surface area contributed by atoms with Crippen molar-refractivity contribution < 1.29 is 0 Å². The van der Waals surface area contributed by atoms with E-state index in [9.17, 15) is 4.91 Å². The summed E-state index contributed by atoms with van der Waals surface area (Å²) in [4.78, 5) is 11.7. The Balaban J connectivity index is 2.26. The summed E-state index contributed by atoms with van der Waals surface area (Å²) in [6, 6.07) is 0. The lowest BCUT2D eigenvalue weighted by Crippen LogP contribution is -2.46. The SMILES string of the molecule is C[C@@]12C[C@H](Br)[C@H](Br)C[C@]1(C)CN(N=O)C2. The van der Waals surface area contributed by atoms with Crippen LogP contribution in [0, 0.1) is 15.7 Å². The first kappa shape index (κ1) is 11.8. The van der Waals surface area contributed by atoms with E-state index in [1.54, 1.807) is 5.01 Å². The molecule has 5 heteroatoms. The van der Waals surface area contributed by atoms with E-state index in [1.807, 2.05) is 0 Å². The summed E-state index contributed by atoms with van der Waals surface area (Å²) in [5.74, 6) is 0. The van der Waals surface area contributed by atoms with E-state index in [0.717, 1.165) is 25.9 Å². The zero-order chi connectivity index (χ0) is 11.3. The Bertz CT molecular complexity index is 265. The number of hydrogen-bond donors (Lipinski definition) is 0. The second-order valence-corrected chi connectivity index (χ2v) is 7.82. The van der Waals surface area contributed by atoms with Crippen LogP contribution >= 0.6 is 31.9 Å². The van der Waals surface area contributed by atoms with Gasteiger partial charge in [-0.3, -0.25) is 5.01 Å². The van der Waals surface area contributed by atoms with Crippen LogP contribution in [0.4, 0.5) is 0 Å². The molecule has 0 unspecified atom stereocenters. The van der Waals surface area contributed by atoms with E-state index >= 15 is 0 Å². The number of nitroso groups, excluding NO2 is 1. The number of fused-ring (bicyclic) bond motifs is 1. The molecule has 2 fully saturated rings. The largest absolute Gasteiger partial charge is 0.260 e. The van der Waals surface area contributed by atoms with Gasteiger partial charge in [-0.05, 0) is 23.7 Å². The molecular weight excluding hydrogens is 324 g/mol. The molecule has 0 aromatic heterocycles. The Kier molecular flexibility index (Phi) is 2.91. The van der Waals surface area contributed by atoms with Gasteiger partial charge in [-0.1, -0.05) is 45.7 Å². The van der Waals surface area contributed by atoms with Gasteiger partial charge < -0.3 is 0 Å². The molecule has 86 valence electrons. The summed E-state index contributed by atoms with van der Waals surface area (Å²) < 4.78 is 0. The van der Waals surface area contributed by atoms with Crippen molar-refractivity contribution in [1.29, 1.82) is 0 Å². The molecule has 0 bridgehead atoms. The summed E-state index contributed by atoms with van der Waals surface area (Å²) in [5.41, 5.74) is 0.415. The summed E-state index contributed by atoms with van der Waals surface area (Å²) >= 11 is 7.43. The average Bonchev–Trinajstić information content (AvgIpc) is 2.38. The highest BCUT2D eigenvalue weighted by Gasteiger charge is 2.56. The van der Waals surface area contributed by atoms with Crippen LogP contribution in [-0.2, 0) is 0 Å². The maximum Gasteiger partial charge on any atom is 0.0524 e. The summed E-state index contributed by atoms with van der Waals surface area (Å²) in [6.07, 6.45) is 2.21. The molecule has 1 saturated heterocycles. The predicted octanol–water partition coefficient (Wildman–Crippen LogP) is 3.32. The number of alkyl halides is 2. The highest BCUT2D eigenvalue weighted by Crippen LogP contribution is 2.57. The highest BCUT2D eigenvalue weighted by molar-refractivity contribution is 9.12. The third-order valence-corrected chi connectivity index (χ3v) is 6.95. The fourth-order valence-electron chi connectivity index (χ4n) is 3.04. The first-order chi connectivity index (χ1) is 6.90. The van der Waals surface area contributed by atoms with Crippen LogP contribution in [0.15, 0.2) is 5.29 Å². The van der Waals surface area contributed by atoms with Gasteiger partial charge in [0.05, 0.1) is 5.29 Å². The van der Waals surface area contributed by atoms with Crippen LogP contribution in [0.1, 0.15) is 26.7 Å². The van der Waals surface area contributed by atoms with E-state index in [0.29, 0.717) is 9.65 Å². The second-order valence-electron chi connectivity index (χ2n) is 5.47. The summed E-state index contributed by atoms with van der Waals surface area (Å²) in [6.45, 7) is 6.17. The minimum atomic E-state index is 0.208. The van der Waals surface area contributed by atoms with Crippen LogP contribution in [0.5, 0.6) is 0 Å². The molecular formula is C10H16Br2N2O. The number of nitrogens with zero attached hydrogens (tertiary/aromatic N) is 2.